The van der Waals surface area contributed by atoms with E-state index >= 15 is 0 Å². The molecule has 0 saturated carbocycles. The van der Waals surface area contributed by atoms with Crippen LogP contribution in [-0.2, 0) is 0 Å². The van der Waals surface area contributed by atoms with Crippen molar-refractivity contribution in [3.63, 3.8) is 0 Å². The topological polar surface area (TPSA) is 51.8 Å². The minimum Gasteiger partial charge on any atom is -0.456 e. The van der Waals surface area contributed by atoms with E-state index in [-0.39, 0.29) is 5.28 Å². The number of furan rings is 1. The van der Waals surface area contributed by atoms with Crippen molar-refractivity contribution < 1.29 is 4.42 Å². The van der Waals surface area contributed by atoms with Crippen molar-refractivity contribution in [2.75, 3.05) is 0 Å². The number of fused-ring (bicyclic) bond motifs is 4. The Kier molecular flexibility index (Phi) is 4.79. The predicted molar refractivity (Wildman–Crippen MR) is 146 cm³/mol. The number of halogens is 1. The van der Waals surface area contributed by atoms with Crippen molar-refractivity contribution >= 4 is 44.3 Å². The summed E-state index contributed by atoms with van der Waals surface area (Å²) in [6, 6.07) is 36.7. The highest BCUT2D eigenvalue weighted by atomic mass is 35.5. The lowest BCUT2D eigenvalue weighted by Crippen LogP contribution is -1.99. The van der Waals surface area contributed by atoms with Gasteiger partial charge in [0, 0.05) is 21.9 Å². The van der Waals surface area contributed by atoms with Gasteiger partial charge in [0.05, 0.1) is 0 Å². The molecular formula is C31H18ClN3O. The van der Waals surface area contributed by atoms with E-state index in [1.54, 1.807) is 0 Å². The van der Waals surface area contributed by atoms with Gasteiger partial charge in [-0.3, -0.25) is 0 Å². The van der Waals surface area contributed by atoms with Gasteiger partial charge in [-0.1, -0.05) is 97.1 Å². The fourth-order valence-electron chi connectivity index (χ4n) is 4.91. The molecule has 2 heterocycles. The molecular weight excluding hydrogens is 466 g/mol. The first-order valence-electron chi connectivity index (χ1n) is 11.7. The van der Waals surface area contributed by atoms with Gasteiger partial charge < -0.3 is 4.42 Å². The Bertz CT molecular complexity index is 1910. The Morgan fingerprint density at radius 2 is 1.25 bits per heavy atom. The Labute approximate surface area is 211 Å². The molecule has 0 saturated heterocycles. The van der Waals surface area contributed by atoms with Crippen molar-refractivity contribution in [2.45, 2.75) is 0 Å². The van der Waals surface area contributed by atoms with E-state index in [0.717, 1.165) is 55.0 Å². The molecule has 0 aliphatic rings. The quantitative estimate of drug-likeness (QED) is 0.252. The molecule has 7 aromatic rings. The van der Waals surface area contributed by atoms with Gasteiger partial charge in [-0.25, -0.2) is 4.98 Å². The van der Waals surface area contributed by atoms with Crippen molar-refractivity contribution in [2.24, 2.45) is 0 Å². The normalized spacial score (nSPS) is 11.5. The number of hydrogen-bond donors (Lipinski definition) is 0. The van der Waals surface area contributed by atoms with Crippen molar-refractivity contribution in [1.82, 2.24) is 15.0 Å². The molecule has 170 valence electrons. The molecule has 0 fully saturated rings. The molecule has 0 N–H and O–H groups in total. The third-order valence-corrected chi connectivity index (χ3v) is 6.66. The van der Waals surface area contributed by atoms with Crippen LogP contribution in [0.25, 0.3) is 66.6 Å². The van der Waals surface area contributed by atoms with Crippen molar-refractivity contribution in [1.29, 1.82) is 0 Å². The smallest absolute Gasteiger partial charge is 0.226 e. The lowest BCUT2D eigenvalue weighted by molar-refractivity contribution is 0.669. The van der Waals surface area contributed by atoms with Crippen LogP contribution in [0.1, 0.15) is 0 Å². The standard InChI is InChI=1S/C31H18ClN3O/c32-31-34-29(24-14-8-16-26-27(24)23-13-6-7-15-25(23)36-26)33-30(35-31)28-21-12-5-4-11-20(21)17-18-22(28)19-9-2-1-3-10-19/h1-18H. The highest BCUT2D eigenvalue weighted by Gasteiger charge is 2.19. The van der Waals surface area contributed by atoms with Crippen LogP contribution in [0.3, 0.4) is 0 Å². The first kappa shape index (κ1) is 20.8. The SMILES string of the molecule is Clc1nc(-c2c(-c3ccccc3)ccc3ccccc23)nc(-c2cccc3oc4ccccc4c23)n1. The maximum Gasteiger partial charge on any atom is 0.226 e. The van der Waals surface area contributed by atoms with Crippen LogP contribution in [-0.4, -0.2) is 15.0 Å². The summed E-state index contributed by atoms with van der Waals surface area (Å²) in [6.07, 6.45) is 0. The van der Waals surface area contributed by atoms with E-state index in [4.69, 9.17) is 21.0 Å². The van der Waals surface area contributed by atoms with Crippen LogP contribution < -0.4 is 0 Å². The van der Waals surface area contributed by atoms with Crippen LogP contribution in [0.5, 0.6) is 0 Å². The van der Waals surface area contributed by atoms with E-state index in [1.807, 2.05) is 72.8 Å². The molecule has 0 aliphatic carbocycles. The van der Waals surface area contributed by atoms with Gasteiger partial charge >= 0.3 is 0 Å². The van der Waals surface area contributed by atoms with Crippen LogP contribution in [0.15, 0.2) is 114 Å². The minimum atomic E-state index is 0.145. The number of benzene rings is 5. The van der Waals surface area contributed by atoms with Crippen molar-refractivity contribution in [3.05, 3.63) is 114 Å². The van der Waals surface area contributed by atoms with E-state index in [2.05, 4.69) is 46.4 Å². The zero-order valence-corrected chi connectivity index (χ0v) is 19.8. The first-order valence-corrected chi connectivity index (χ1v) is 12.0. The summed E-state index contributed by atoms with van der Waals surface area (Å²) in [7, 11) is 0. The Balaban J connectivity index is 1.53. The van der Waals surface area contributed by atoms with Crippen LogP contribution in [0.4, 0.5) is 0 Å². The highest BCUT2D eigenvalue weighted by Crippen LogP contribution is 2.39. The molecule has 0 radical (unpaired) electrons. The summed E-state index contributed by atoms with van der Waals surface area (Å²) in [6.45, 7) is 0. The number of hydrogen-bond acceptors (Lipinski definition) is 4. The fourth-order valence-corrected chi connectivity index (χ4v) is 5.07. The number of nitrogens with zero attached hydrogens (tertiary/aromatic N) is 3. The average molecular weight is 484 g/mol. The number of para-hydroxylation sites is 1. The maximum atomic E-state index is 6.56. The monoisotopic (exact) mass is 483 g/mol. The van der Waals surface area contributed by atoms with Crippen LogP contribution in [0, 0.1) is 0 Å². The van der Waals surface area contributed by atoms with Crippen molar-refractivity contribution in [3.8, 4) is 33.9 Å². The summed E-state index contributed by atoms with van der Waals surface area (Å²) < 4.78 is 6.09. The zero-order valence-electron chi connectivity index (χ0n) is 19.0. The highest BCUT2D eigenvalue weighted by molar-refractivity contribution is 6.28. The molecule has 7 rings (SSSR count). The lowest BCUT2D eigenvalue weighted by Gasteiger charge is -2.14. The van der Waals surface area contributed by atoms with E-state index < -0.39 is 0 Å². The molecule has 0 spiro atoms. The lowest BCUT2D eigenvalue weighted by atomic mass is 9.93. The largest absolute Gasteiger partial charge is 0.456 e. The van der Waals surface area contributed by atoms with Gasteiger partial charge in [-0.2, -0.15) is 9.97 Å². The molecule has 2 aromatic heterocycles. The van der Waals surface area contributed by atoms with Gasteiger partial charge in [-0.15, -0.1) is 0 Å². The molecule has 4 nitrogen and oxygen atoms in total. The first-order chi connectivity index (χ1) is 17.8. The summed E-state index contributed by atoms with van der Waals surface area (Å²) in [4.78, 5) is 14.2. The summed E-state index contributed by atoms with van der Waals surface area (Å²) in [5.41, 5.74) is 5.50. The second-order valence-corrected chi connectivity index (χ2v) is 8.94. The Hall–Kier alpha value is -4.54. The molecule has 5 aromatic carbocycles. The molecule has 0 unspecified atom stereocenters. The molecule has 0 bridgehead atoms. The Morgan fingerprint density at radius 3 is 2.14 bits per heavy atom. The van der Waals surface area contributed by atoms with Crippen LogP contribution in [0.2, 0.25) is 5.28 Å². The Morgan fingerprint density at radius 1 is 0.528 bits per heavy atom. The second-order valence-electron chi connectivity index (χ2n) is 8.60. The number of rotatable bonds is 3. The van der Waals surface area contributed by atoms with E-state index in [9.17, 15) is 0 Å². The molecule has 0 amide bonds. The van der Waals surface area contributed by atoms with Gasteiger partial charge in [0.2, 0.25) is 5.28 Å². The summed E-state index contributed by atoms with van der Waals surface area (Å²) >= 11 is 6.56. The molecule has 5 heteroatoms. The van der Waals surface area contributed by atoms with Crippen LogP contribution >= 0.6 is 11.6 Å². The van der Waals surface area contributed by atoms with Gasteiger partial charge in [0.1, 0.15) is 11.2 Å². The van der Waals surface area contributed by atoms with Gasteiger partial charge in [0.15, 0.2) is 11.6 Å². The number of aromatic nitrogens is 3. The molecule has 0 atom stereocenters. The third kappa shape index (κ3) is 3.35. The van der Waals surface area contributed by atoms with E-state index in [1.165, 1.54) is 0 Å². The fraction of sp³-hybridized carbons (Fsp3) is 0. The third-order valence-electron chi connectivity index (χ3n) is 6.49. The summed E-state index contributed by atoms with van der Waals surface area (Å²) in [5, 5.41) is 4.28. The van der Waals surface area contributed by atoms with Gasteiger partial charge in [0.25, 0.3) is 0 Å². The molecule has 36 heavy (non-hydrogen) atoms. The average Bonchev–Trinajstić information content (AvgIpc) is 3.31. The predicted octanol–water partition coefficient (Wildman–Crippen LogP) is 8.58. The summed E-state index contributed by atoms with van der Waals surface area (Å²) in [5.74, 6) is 1.04. The zero-order chi connectivity index (χ0) is 24.1. The minimum absolute atomic E-state index is 0.145. The maximum absolute atomic E-state index is 6.56. The van der Waals surface area contributed by atoms with Gasteiger partial charge in [-0.05, 0) is 45.6 Å². The van der Waals surface area contributed by atoms with E-state index in [0.29, 0.717) is 11.6 Å². The molecule has 0 aliphatic heterocycles. The second kappa shape index (κ2) is 8.29.